The summed E-state index contributed by atoms with van der Waals surface area (Å²) in [5.74, 6) is 0. The van der Waals surface area contributed by atoms with Crippen molar-refractivity contribution in [2.24, 2.45) is 0 Å². The number of benzene rings is 2. The number of halogens is 1. The van der Waals surface area contributed by atoms with Gasteiger partial charge in [-0.1, -0.05) is 29.8 Å². The molecule has 0 saturated carbocycles. The fourth-order valence-corrected chi connectivity index (χ4v) is 4.15. The molecule has 0 aliphatic carbocycles. The highest BCUT2D eigenvalue weighted by Crippen LogP contribution is 2.23. The van der Waals surface area contributed by atoms with Crippen molar-refractivity contribution >= 4 is 28.2 Å². The summed E-state index contributed by atoms with van der Waals surface area (Å²) in [4.78, 5) is 20.4. The van der Waals surface area contributed by atoms with Crippen molar-refractivity contribution in [3.63, 3.8) is 0 Å². The van der Waals surface area contributed by atoms with Gasteiger partial charge in [0.15, 0.2) is 5.43 Å². The topological polar surface area (TPSA) is 40.5 Å². The van der Waals surface area contributed by atoms with E-state index in [9.17, 15) is 4.79 Å². The Hall–Kier alpha value is -2.30. The minimum Gasteiger partial charge on any atom is -0.360 e. The molecule has 27 heavy (non-hydrogen) atoms. The fourth-order valence-electron chi connectivity index (χ4n) is 3.99. The molecular formula is C22H25ClN3O+. The van der Waals surface area contributed by atoms with E-state index in [1.54, 1.807) is 0 Å². The molecule has 2 N–H and O–H groups in total. The van der Waals surface area contributed by atoms with E-state index in [-0.39, 0.29) is 5.43 Å². The lowest BCUT2D eigenvalue weighted by molar-refractivity contribution is -0.914. The van der Waals surface area contributed by atoms with Gasteiger partial charge in [0.2, 0.25) is 0 Å². The van der Waals surface area contributed by atoms with Gasteiger partial charge in [-0.2, -0.15) is 0 Å². The van der Waals surface area contributed by atoms with Crippen LogP contribution >= 0.6 is 11.6 Å². The molecule has 1 aliphatic heterocycles. The molecule has 2 aromatic carbocycles. The largest absolute Gasteiger partial charge is 0.360 e. The van der Waals surface area contributed by atoms with Gasteiger partial charge in [-0.05, 0) is 43.7 Å². The minimum atomic E-state index is 0.138. The third-order valence-corrected chi connectivity index (χ3v) is 6.11. The number of hydrogen-bond acceptors (Lipinski definition) is 2. The molecule has 0 radical (unpaired) electrons. The smallest absolute Gasteiger partial charge is 0.198 e. The molecule has 0 bridgehead atoms. The summed E-state index contributed by atoms with van der Waals surface area (Å²) in [6, 6.07) is 14.2. The fraction of sp³-hybridized carbons (Fsp3) is 0.318. The van der Waals surface area contributed by atoms with E-state index in [0.717, 1.165) is 60.4 Å². The summed E-state index contributed by atoms with van der Waals surface area (Å²) in [6.07, 6.45) is 0. The Morgan fingerprint density at radius 2 is 1.78 bits per heavy atom. The molecule has 4 nitrogen and oxygen atoms in total. The molecule has 3 aromatic rings. The van der Waals surface area contributed by atoms with E-state index >= 15 is 0 Å². The zero-order valence-electron chi connectivity index (χ0n) is 15.8. The maximum absolute atomic E-state index is 13.1. The molecular weight excluding hydrogens is 358 g/mol. The Morgan fingerprint density at radius 1 is 1.07 bits per heavy atom. The van der Waals surface area contributed by atoms with E-state index in [1.165, 1.54) is 10.6 Å². The maximum atomic E-state index is 13.1. The van der Waals surface area contributed by atoms with Crippen molar-refractivity contribution < 1.29 is 4.90 Å². The number of para-hydroxylation sites is 1. The Bertz CT molecular complexity index is 1020. The number of aryl methyl sites for hydroxylation is 2. The van der Waals surface area contributed by atoms with Gasteiger partial charge in [0.05, 0.1) is 37.3 Å². The summed E-state index contributed by atoms with van der Waals surface area (Å²) in [5, 5.41) is 1.42. The van der Waals surface area contributed by atoms with Gasteiger partial charge in [-0.15, -0.1) is 0 Å². The van der Waals surface area contributed by atoms with Gasteiger partial charge in [-0.3, -0.25) is 4.79 Å². The van der Waals surface area contributed by atoms with Crippen LogP contribution in [-0.4, -0.2) is 31.2 Å². The number of nitrogens with zero attached hydrogens (tertiary/aromatic N) is 1. The molecule has 0 atom stereocenters. The highest BCUT2D eigenvalue weighted by Gasteiger charge is 2.23. The second kappa shape index (κ2) is 7.37. The van der Waals surface area contributed by atoms with Crippen LogP contribution in [0.4, 0.5) is 5.69 Å². The summed E-state index contributed by atoms with van der Waals surface area (Å²) in [5.41, 5.74) is 5.06. The zero-order chi connectivity index (χ0) is 19.0. The first-order valence-corrected chi connectivity index (χ1v) is 9.86. The molecule has 0 unspecified atom stereocenters. The minimum absolute atomic E-state index is 0.138. The average Bonchev–Trinajstić information content (AvgIpc) is 2.69. The number of pyridine rings is 1. The normalized spacial score (nSPS) is 15.4. The van der Waals surface area contributed by atoms with Crippen molar-refractivity contribution in [2.45, 2.75) is 20.4 Å². The van der Waals surface area contributed by atoms with Crippen molar-refractivity contribution in [1.82, 2.24) is 4.98 Å². The van der Waals surface area contributed by atoms with Crippen molar-refractivity contribution in [3.05, 3.63) is 74.5 Å². The monoisotopic (exact) mass is 382 g/mol. The molecule has 1 saturated heterocycles. The van der Waals surface area contributed by atoms with Gasteiger partial charge in [0.1, 0.15) is 6.54 Å². The van der Waals surface area contributed by atoms with E-state index in [4.69, 9.17) is 11.6 Å². The number of hydrogen-bond donors (Lipinski definition) is 2. The number of aromatic nitrogens is 1. The number of nitrogens with one attached hydrogen (secondary N) is 2. The van der Waals surface area contributed by atoms with Gasteiger partial charge in [0, 0.05) is 21.8 Å². The second-order valence-electron chi connectivity index (χ2n) is 7.40. The van der Waals surface area contributed by atoms with E-state index in [2.05, 4.69) is 40.2 Å². The number of aromatic amines is 1. The summed E-state index contributed by atoms with van der Waals surface area (Å²) in [7, 11) is 0. The second-order valence-corrected chi connectivity index (χ2v) is 7.81. The standard InChI is InChI=1S/C22H24ClN3O/c1-15-20(23)9-8-18-21(15)24-16(2)19(22(18)27)14-25-10-12-26(13-11-25)17-6-4-3-5-7-17/h3-9H,10-14H2,1-2H3,(H,24,27)/p+1. The average molecular weight is 383 g/mol. The first-order chi connectivity index (χ1) is 13.0. The summed E-state index contributed by atoms with van der Waals surface area (Å²) in [6.45, 7) is 8.81. The first kappa shape index (κ1) is 18.1. The molecule has 0 amide bonds. The SMILES string of the molecule is Cc1[nH]c2c(C)c(Cl)ccc2c(=O)c1C[NH+]1CCN(c2ccccc2)CC1. The number of quaternary nitrogens is 1. The number of piperazine rings is 1. The quantitative estimate of drug-likeness (QED) is 0.731. The number of H-pyrrole nitrogens is 1. The molecule has 2 heterocycles. The van der Waals surface area contributed by atoms with Gasteiger partial charge in [-0.25, -0.2) is 0 Å². The Balaban J connectivity index is 1.55. The van der Waals surface area contributed by atoms with Crippen LogP contribution in [-0.2, 0) is 6.54 Å². The van der Waals surface area contributed by atoms with Gasteiger partial charge in [0.25, 0.3) is 0 Å². The van der Waals surface area contributed by atoms with Crippen molar-refractivity contribution in [2.75, 3.05) is 31.1 Å². The van der Waals surface area contributed by atoms with E-state index < -0.39 is 0 Å². The molecule has 5 heteroatoms. The van der Waals surface area contributed by atoms with Gasteiger partial charge < -0.3 is 14.8 Å². The third kappa shape index (κ3) is 3.47. The van der Waals surface area contributed by atoms with Crippen LogP contribution in [0.15, 0.2) is 47.3 Å². The lowest BCUT2D eigenvalue weighted by Crippen LogP contribution is -3.13. The van der Waals surface area contributed by atoms with Crippen LogP contribution in [0.1, 0.15) is 16.8 Å². The van der Waals surface area contributed by atoms with Crippen molar-refractivity contribution in [1.29, 1.82) is 0 Å². The molecule has 4 rings (SSSR count). The molecule has 140 valence electrons. The Morgan fingerprint density at radius 3 is 2.48 bits per heavy atom. The van der Waals surface area contributed by atoms with Crippen LogP contribution < -0.4 is 15.2 Å². The predicted molar refractivity (Wildman–Crippen MR) is 112 cm³/mol. The zero-order valence-corrected chi connectivity index (χ0v) is 16.6. The first-order valence-electron chi connectivity index (χ1n) is 9.48. The molecule has 1 aliphatic rings. The van der Waals surface area contributed by atoms with Gasteiger partial charge >= 0.3 is 0 Å². The summed E-state index contributed by atoms with van der Waals surface area (Å²) >= 11 is 6.22. The number of anilines is 1. The van der Waals surface area contributed by atoms with Crippen LogP contribution in [0.2, 0.25) is 5.02 Å². The predicted octanol–water partition coefficient (Wildman–Crippen LogP) is 2.70. The molecule has 1 aromatic heterocycles. The Labute approximate surface area is 164 Å². The molecule has 0 spiro atoms. The van der Waals surface area contributed by atoms with Crippen LogP contribution in [0, 0.1) is 13.8 Å². The van der Waals surface area contributed by atoms with E-state index in [1.807, 2.05) is 26.0 Å². The third-order valence-electron chi connectivity index (χ3n) is 5.70. The summed E-state index contributed by atoms with van der Waals surface area (Å²) < 4.78 is 0. The maximum Gasteiger partial charge on any atom is 0.198 e. The highest BCUT2D eigenvalue weighted by atomic mass is 35.5. The van der Waals surface area contributed by atoms with Crippen molar-refractivity contribution in [3.8, 4) is 0 Å². The number of rotatable bonds is 3. The number of fused-ring (bicyclic) bond motifs is 1. The van der Waals surface area contributed by atoms with Crippen LogP contribution in [0.5, 0.6) is 0 Å². The lowest BCUT2D eigenvalue weighted by Gasteiger charge is -2.33. The highest BCUT2D eigenvalue weighted by molar-refractivity contribution is 6.32. The van der Waals surface area contributed by atoms with Crippen LogP contribution in [0.25, 0.3) is 10.9 Å². The Kier molecular flexibility index (Phi) is 4.94. The lowest BCUT2D eigenvalue weighted by atomic mass is 10.0. The van der Waals surface area contributed by atoms with E-state index in [0.29, 0.717) is 5.02 Å². The van der Waals surface area contributed by atoms with Crippen LogP contribution in [0.3, 0.4) is 0 Å². The molecule has 1 fully saturated rings.